The molecule has 2 unspecified atom stereocenters. The van der Waals surface area contributed by atoms with Gasteiger partial charge in [0.05, 0.1) is 17.5 Å². The van der Waals surface area contributed by atoms with Crippen molar-refractivity contribution in [2.75, 3.05) is 17.6 Å². The van der Waals surface area contributed by atoms with Gasteiger partial charge in [-0.05, 0) is 72.5 Å². The molecule has 3 aromatic rings. The number of hydrogen-bond acceptors (Lipinski definition) is 6. The molecule has 7 nitrogen and oxygen atoms in total. The lowest BCUT2D eigenvalue weighted by Gasteiger charge is -2.49. The first-order chi connectivity index (χ1) is 17.3. The maximum atomic E-state index is 13.0. The van der Waals surface area contributed by atoms with Crippen LogP contribution in [0, 0.1) is 0 Å². The fraction of sp³-hybridized carbons (Fsp3) is 0.370. The summed E-state index contributed by atoms with van der Waals surface area (Å²) in [6.07, 6.45) is 3.15. The highest BCUT2D eigenvalue weighted by Crippen LogP contribution is 2.39. The van der Waals surface area contributed by atoms with Crippen molar-refractivity contribution in [3.8, 4) is 10.4 Å². The van der Waals surface area contributed by atoms with Crippen LogP contribution in [-0.2, 0) is 15.6 Å². The van der Waals surface area contributed by atoms with Crippen LogP contribution in [0.3, 0.4) is 0 Å². The fourth-order valence-electron chi connectivity index (χ4n) is 5.10. The van der Waals surface area contributed by atoms with Gasteiger partial charge >= 0.3 is 8.25 Å². The number of hydrogen-bond donors (Lipinski definition) is 3. The number of rotatable bonds is 9. The number of likely N-dealkylation sites (tertiary alicyclic amines) is 1. The number of amides is 1. The van der Waals surface area contributed by atoms with Gasteiger partial charge in [0.2, 0.25) is 0 Å². The summed E-state index contributed by atoms with van der Waals surface area (Å²) in [4.78, 5) is 25.8. The van der Waals surface area contributed by atoms with Crippen LogP contribution in [0.1, 0.15) is 55.5 Å². The molecule has 9 heteroatoms. The van der Waals surface area contributed by atoms with Gasteiger partial charge in [0.25, 0.3) is 5.91 Å². The highest BCUT2D eigenvalue weighted by molar-refractivity contribution is 7.32. The molecule has 2 heterocycles. The molecule has 1 saturated heterocycles. The Kier molecular flexibility index (Phi) is 8.65. The number of carbonyl (C=O) groups is 1. The summed E-state index contributed by atoms with van der Waals surface area (Å²) >= 11 is 1.64. The lowest BCUT2D eigenvalue weighted by atomic mass is 9.80. The van der Waals surface area contributed by atoms with Gasteiger partial charge < -0.3 is 20.5 Å². The van der Waals surface area contributed by atoms with Crippen molar-refractivity contribution >= 4 is 36.9 Å². The second-order valence-electron chi connectivity index (χ2n) is 9.28. The van der Waals surface area contributed by atoms with E-state index >= 15 is 0 Å². The summed E-state index contributed by atoms with van der Waals surface area (Å²) in [5, 5.41) is 4.97. The van der Waals surface area contributed by atoms with Gasteiger partial charge in [-0.3, -0.25) is 14.3 Å². The average molecular weight is 528 g/mol. The summed E-state index contributed by atoms with van der Waals surface area (Å²) in [5.74, 6) is -0.203. The van der Waals surface area contributed by atoms with Gasteiger partial charge in [0.15, 0.2) is 0 Å². The Hall–Kier alpha value is -2.48. The molecule has 0 aliphatic carbocycles. The first-order valence-corrected chi connectivity index (χ1v) is 14.5. The van der Waals surface area contributed by atoms with Crippen LogP contribution in [0.15, 0.2) is 60.0 Å². The fourth-order valence-corrected chi connectivity index (χ4v) is 6.32. The molecule has 1 aliphatic rings. The van der Waals surface area contributed by atoms with Crippen LogP contribution in [0.5, 0.6) is 0 Å². The molecule has 0 bridgehead atoms. The predicted molar refractivity (Wildman–Crippen MR) is 148 cm³/mol. The highest BCUT2D eigenvalue weighted by Gasteiger charge is 2.40. The van der Waals surface area contributed by atoms with Crippen LogP contribution in [0.25, 0.3) is 10.4 Å². The van der Waals surface area contributed by atoms with E-state index in [4.69, 9.17) is 10.3 Å². The van der Waals surface area contributed by atoms with Crippen LogP contribution in [0.2, 0.25) is 0 Å². The van der Waals surface area contributed by atoms with E-state index in [1.54, 1.807) is 11.3 Å². The van der Waals surface area contributed by atoms with E-state index in [-0.39, 0.29) is 17.6 Å². The quantitative estimate of drug-likeness (QED) is 0.227. The molecule has 36 heavy (non-hydrogen) atoms. The number of nitrogens with one attached hydrogen (secondary N) is 1. The maximum Gasteiger partial charge on any atom is 0.316 e. The Balaban J connectivity index is 1.43. The average Bonchev–Trinajstić information content (AvgIpc) is 3.41. The monoisotopic (exact) mass is 527 g/mol. The van der Waals surface area contributed by atoms with Gasteiger partial charge in [-0.15, -0.1) is 11.3 Å². The zero-order chi connectivity index (χ0) is 25.7. The Bertz CT molecular complexity index is 1200. The molecule has 0 radical (unpaired) electrons. The summed E-state index contributed by atoms with van der Waals surface area (Å²) in [6.45, 7) is 5.87. The lowest BCUT2D eigenvalue weighted by Crippen LogP contribution is -2.54. The van der Waals surface area contributed by atoms with Crippen molar-refractivity contribution in [2.45, 2.75) is 57.7 Å². The van der Waals surface area contributed by atoms with Crippen molar-refractivity contribution in [2.24, 2.45) is 0 Å². The first-order valence-electron chi connectivity index (χ1n) is 12.3. The van der Waals surface area contributed by atoms with Gasteiger partial charge in [0.1, 0.15) is 0 Å². The maximum absolute atomic E-state index is 13.0. The number of piperidine rings is 1. The number of carbonyl (C=O) groups excluding carboxylic acids is 1. The number of benzene rings is 2. The second-order valence-corrected chi connectivity index (χ2v) is 11.0. The van der Waals surface area contributed by atoms with E-state index in [9.17, 15) is 14.3 Å². The smallest absolute Gasteiger partial charge is 0.316 e. The van der Waals surface area contributed by atoms with Crippen molar-refractivity contribution in [1.29, 1.82) is 0 Å². The van der Waals surface area contributed by atoms with Gasteiger partial charge in [-0.25, -0.2) is 0 Å². The summed E-state index contributed by atoms with van der Waals surface area (Å²) < 4.78 is 16.5. The zero-order valence-corrected chi connectivity index (χ0v) is 22.5. The molecule has 1 fully saturated rings. The standard InChI is InChI=1S/C27H34N3O4PS/c1-3-27(4-2)17-22(34-35(32)33)13-14-30(27)18-19-7-9-20(10-8-19)26(31)29-24-16-21(11-12-23(24)28)25-6-5-15-36-25/h5-12,15-16,22,35H,3-4,13-14,17-18,28H2,1-2H3,(H,29,31)(H,32,33). The molecule has 0 spiro atoms. The molecule has 192 valence electrons. The van der Waals surface area contributed by atoms with Crippen molar-refractivity contribution in [3.05, 3.63) is 71.1 Å². The minimum absolute atomic E-state index is 0.0820. The highest BCUT2D eigenvalue weighted by atomic mass is 32.1. The van der Waals surface area contributed by atoms with Crippen LogP contribution in [-0.4, -0.2) is 33.9 Å². The van der Waals surface area contributed by atoms with Gasteiger partial charge in [-0.2, -0.15) is 0 Å². The normalized spacial score (nSPS) is 18.6. The lowest BCUT2D eigenvalue weighted by molar-refractivity contribution is -0.0233. The summed E-state index contributed by atoms with van der Waals surface area (Å²) in [7, 11) is -2.94. The number of anilines is 2. The Morgan fingerprint density at radius 3 is 2.61 bits per heavy atom. The van der Waals surface area contributed by atoms with Crippen molar-refractivity contribution in [1.82, 2.24) is 4.90 Å². The van der Waals surface area contributed by atoms with Crippen molar-refractivity contribution in [3.63, 3.8) is 0 Å². The number of nitrogen functional groups attached to an aromatic ring is 1. The third-order valence-corrected chi connectivity index (χ3v) is 8.73. The minimum Gasteiger partial charge on any atom is -0.397 e. The third-order valence-electron chi connectivity index (χ3n) is 7.28. The van der Waals surface area contributed by atoms with Crippen LogP contribution in [0.4, 0.5) is 11.4 Å². The molecule has 1 amide bonds. The molecule has 0 saturated carbocycles. The number of nitrogens with zero attached hydrogens (tertiary/aromatic N) is 1. The van der Waals surface area contributed by atoms with Gasteiger partial charge in [0, 0.05) is 29.1 Å². The second kappa shape index (κ2) is 11.7. The van der Waals surface area contributed by atoms with E-state index in [1.165, 1.54) is 0 Å². The molecule has 2 atom stereocenters. The Morgan fingerprint density at radius 2 is 1.97 bits per heavy atom. The molecular weight excluding hydrogens is 493 g/mol. The summed E-state index contributed by atoms with van der Waals surface area (Å²) in [6, 6.07) is 17.4. The first kappa shape index (κ1) is 26.6. The molecular formula is C27H34N3O4PS. The Morgan fingerprint density at radius 1 is 1.22 bits per heavy atom. The van der Waals surface area contributed by atoms with E-state index in [1.807, 2.05) is 60.0 Å². The van der Waals surface area contributed by atoms with E-state index in [0.717, 1.165) is 54.8 Å². The SMILES string of the molecule is CCC1(CC)CC(O[PH](=O)O)CCN1Cc1ccc(C(=O)Nc2cc(-c3cccs3)ccc2N)cc1. The van der Waals surface area contributed by atoms with E-state index < -0.39 is 8.25 Å². The number of nitrogens with two attached hydrogens (primary N) is 1. The Labute approximate surface area is 217 Å². The van der Waals surface area contributed by atoms with E-state index in [0.29, 0.717) is 16.9 Å². The predicted octanol–water partition coefficient (Wildman–Crippen LogP) is 6.17. The summed E-state index contributed by atoms with van der Waals surface area (Å²) in [5.41, 5.74) is 9.87. The zero-order valence-electron chi connectivity index (χ0n) is 20.7. The molecule has 4 rings (SSSR count). The van der Waals surface area contributed by atoms with Crippen LogP contribution >= 0.6 is 19.6 Å². The largest absolute Gasteiger partial charge is 0.397 e. The minimum atomic E-state index is -2.94. The van der Waals surface area contributed by atoms with Gasteiger partial charge in [-0.1, -0.05) is 38.1 Å². The molecule has 4 N–H and O–H groups in total. The molecule has 2 aromatic carbocycles. The number of thiophene rings is 1. The van der Waals surface area contributed by atoms with Crippen LogP contribution < -0.4 is 11.1 Å². The van der Waals surface area contributed by atoms with Crippen molar-refractivity contribution < 1.29 is 18.8 Å². The van der Waals surface area contributed by atoms with E-state index in [2.05, 4.69) is 24.1 Å². The third kappa shape index (κ3) is 6.07. The molecule has 1 aliphatic heterocycles. The topological polar surface area (TPSA) is 105 Å². The molecule has 1 aromatic heterocycles.